The maximum atomic E-state index is 10.5. The summed E-state index contributed by atoms with van der Waals surface area (Å²) in [5.41, 5.74) is 2.38. The highest BCUT2D eigenvalue weighted by Crippen LogP contribution is 2.64. The number of oxime groups is 1. The van der Waals surface area contributed by atoms with Crippen LogP contribution >= 0.6 is 0 Å². The van der Waals surface area contributed by atoms with Crippen molar-refractivity contribution in [1.82, 2.24) is 0 Å². The molecule has 3 saturated carbocycles. The van der Waals surface area contributed by atoms with Gasteiger partial charge in [0, 0.05) is 5.41 Å². The molecule has 0 unspecified atom stereocenters. The van der Waals surface area contributed by atoms with E-state index in [-0.39, 0.29) is 16.9 Å². The monoisotopic (exact) mass is 301 g/mol. The minimum atomic E-state index is -0.0989. The zero-order chi connectivity index (χ0) is 15.5. The zero-order valence-electron chi connectivity index (χ0n) is 13.6. The minimum absolute atomic E-state index is 0.0989. The van der Waals surface area contributed by atoms with Gasteiger partial charge >= 0.3 is 0 Å². The molecule has 0 aromatic rings. The Hall–Kier alpha value is -1.09. The lowest BCUT2D eigenvalue weighted by molar-refractivity contribution is -0.0613. The number of aliphatic hydroxyl groups excluding tert-OH is 1. The molecule has 4 aliphatic rings. The van der Waals surface area contributed by atoms with Crippen LogP contribution in [0.1, 0.15) is 52.4 Å². The molecule has 2 N–H and O–H groups in total. The van der Waals surface area contributed by atoms with Crippen LogP contribution in [-0.4, -0.2) is 22.1 Å². The third kappa shape index (κ3) is 1.75. The van der Waals surface area contributed by atoms with E-state index in [1.54, 1.807) is 0 Å². The Bertz CT molecular complexity index is 578. The first-order chi connectivity index (χ1) is 10.5. The Morgan fingerprint density at radius 1 is 1.14 bits per heavy atom. The zero-order valence-corrected chi connectivity index (χ0v) is 13.6. The van der Waals surface area contributed by atoms with Crippen molar-refractivity contribution in [1.29, 1.82) is 0 Å². The summed E-state index contributed by atoms with van der Waals surface area (Å²) in [6.07, 6.45) is 13.1. The highest BCUT2D eigenvalue weighted by molar-refractivity contribution is 6.05. The van der Waals surface area contributed by atoms with Crippen LogP contribution in [0.4, 0.5) is 0 Å². The smallest absolute Gasteiger partial charge is 0.102 e. The van der Waals surface area contributed by atoms with Crippen LogP contribution in [0.2, 0.25) is 0 Å². The molecule has 4 rings (SSSR count). The van der Waals surface area contributed by atoms with Crippen LogP contribution in [-0.2, 0) is 0 Å². The summed E-state index contributed by atoms with van der Waals surface area (Å²) in [5.74, 6) is 2.09. The third-order valence-electron chi connectivity index (χ3n) is 7.63. The first-order valence-electron chi connectivity index (χ1n) is 8.79. The van der Waals surface area contributed by atoms with Crippen LogP contribution in [0.15, 0.2) is 29.0 Å². The fraction of sp³-hybridized carbons (Fsp3) is 0.737. The topological polar surface area (TPSA) is 52.8 Å². The van der Waals surface area contributed by atoms with Gasteiger partial charge in [-0.05, 0) is 73.8 Å². The summed E-state index contributed by atoms with van der Waals surface area (Å²) in [6.45, 7) is 4.70. The lowest BCUT2D eigenvalue weighted by Gasteiger charge is -2.56. The third-order valence-corrected chi connectivity index (χ3v) is 7.63. The van der Waals surface area contributed by atoms with Crippen LogP contribution in [0.3, 0.4) is 0 Å². The lowest BCUT2D eigenvalue weighted by Crippen LogP contribution is -2.50. The number of nitrogens with zero attached hydrogens (tertiary/aromatic N) is 1. The van der Waals surface area contributed by atoms with E-state index < -0.39 is 0 Å². The van der Waals surface area contributed by atoms with E-state index in [4.69, 9.17) is 5.21 Å². The summed E-state index contributed by atoms with van der Waals surface area (Å²) >= 11 is 0. The quantitative estimate of drug-likeness (QED) is 0.526. The summed E-state index contributed by atoms with van der Waals surface area (Å²) in [5, 5.41) is 22.9. The molecule has 3 heteroatoms. The molecular formula is C19H27NO2. The van der Waals surface area contributed by atoms with Gasteiger partial charge in [0.25, 0.3) is 0 Å². The first kappa shape index (κ1) is 14.5. The summed E-state index contributed by atoms with van der Waals surface area (Å²) in [6, 6.07) is 0. The average molecular weight is 301 g/mol. The van der Waals surface area contributed by atoms with Crippen molar-refractivity contribution >= 4 is 5.71 Å². The van der Waals surface area contributed by atoms with Gasteiger partial charge in [-0.3, -0.25) is 0 Å². The minimum Gasteiger partial charge on any atom is -0.410 e. The van der Waals surface area contributed by atoms with Crippen molar-refractivity contribution in [3.05, 3.63) is 23.8 Å². The molecule has 0 saturated heterocycles. The van der Waals surface area contributed by atoms with Gasteiger partial charge in [0.2, 0.25) is 0 Å². The number of hydrogen-bond acceptors (Lipinski definition) is 3. The molecule has 3 nitrogen and oxygen atoms in total. The van der Waals surface area contributed by atoms with Gasteiger partial charge in [-0.1, -0.05) is 30.7 Å². The van der Waals surface area contributed by atoms with Crippen LogP contribution < -0.4 is 0 Å². The Balaban J connectivity index is 1.69. The molecule has 0 spiro atoms. The molecule has 0 heterocycles. The molecule has 0 radical (unpaired) electrons. The largest absolute Gasteiger partial charge is 0.410 e. The number of allylic oxidation sites excluding steroid dienone is 4. The van der Waals surface area contributed by atoms with Crippen LogP contribution in [0.25, 0.3) is 0 Å². The van der Waals surface area contributed by atoms with Crippen LogP contribution in [0, 0.1) is 28.6 Å². The molecule has 120 valence electrons. The molecule has 0 aromatic heterocycles. The van der Waals surface area contributed by atoms with Gasteiger partial charge in [0.1, 0.15) is 5.71 Å². The Kier molecular flexibility index (Phi) is 3.10. The average Bonchev–Trinajstić information content (AvgIpc) is 2.82. The molecule has 0 bridgehead atoms. The SMILES string of the molecule is C[C@]12CC[C@H]3[C@@H](CCC4=C/C(=N/O)C=C[C@@]43C)[C@@H]1CC[C@@H]2O. The van der Waals surface area contributed by atoms with E-state index in [9.17, 15) is 5.11 Å². The van der Waals surface area contributed by atoms with E-state index in [0.29, 0.717) is 17.5 Å². The fourth-order valence-corrected chi connectivity index (χ4v) is 6.24. The number of aliphatic hydroxyl groups is 1. The highest BCUT2D eigenvalue weighted by atomic mass is 16.4. The van der Waals surface area contributed by atoms with E-state index >= 15 is 0 Å². The molecule has 4 aliphatic carbocycles. The first-order valence-corrected chi connectivity index (χ1v) is 8.79. The van der Waals surface area contributed by atoms with Gasteiger partial charge < -0.3 is 10.3 Å². The maximum absolute atomic E-state index is 10.5. The molecule has 0 aromatic carbocycles. The number of rotatable bonds is 0. The van der Waals surface area contributed by atoms with Crippen LogP contribution in [0.5, 0.6) is 0 Å². The second-order valence-corrected chi connectivity index (χ2v) is 8.36. The standard InChI is InChI=1S/C19H27NO2/c1-18-9-7-13(20-22)11-12(18)3-4-14-15-5-6-17(21)19(15,2)10-8-16(14)18/h7,9,11,14-17,21-22H,3-6,8,10H2,1-2H3/b20-13+/t14-,15-,16-,17-,18-,19-/m0/s1. The lowest BCUT2D eigenvalue weighted by atomic mass is 9.48. The normalized spacial score (nSPS) is 52.0. The van der Waals surface area contributed by atoms with Crippen molar-refractivity contribution in [2.45, 2.75) is 58.5 Å². The van der Waals surface area contributed by atoms with Gasteiger partial charge in [-0.2, -0.15) is 0 Å². The molecule has 3 fully saturated rings. The van der Waals surface area contributed by atoms with Crippen molar-refractivity contribution < 1.29 is 10.3 Å². The van der Waals surface area contributed by atoms with Gasteiger partial charge in [0.15, 0.2) is 0 Å². The Morgan fingerprint density at radius 3 is 2.73 bits per heavy atom. The van der Waals surface area contributed by atoms with Crippen molar-refractivity contribution in [2.24, 2.45) is 33.7 Å². The molecule has 22 heavy (non-hydrogen) atoms. The second kappa shape index (κ2) is 4.70. The van der Waals surface area contributed by atoms with E-state index in [2.05, 4.69) is 31.2 Å². The molecule has 0 amide bonds. The van der Waals surface area contributed by atoms with Crippen molar-refractivity contribution in [3.63, 3.8) is 0 Å². The Labute approximate surface area is 132 Å². The Morgan fingerprint density at radius 2 is 1.95 bits per heavy atom. The number of hydrogen-bond donors (Lipinski definition) is 2. The van der Waals surface area contributed by atoms with Gasteiger partial charge in [-0.25, -0.2) is 0 Å². The molecular weight excluding hydrogens is 274 g/mol. The van der Waals surface area contributed by atoms with Gasteiger partial charge in [0.05, 0.1) is 6.10 Å². The van der Waals surface area contributed by atoms with Crippen molar-refractivity contribution in [2.75, 3.05) is 0 Å². The van der Waals surface area contributed by atoms with E-state index in [1.165, 1.54) is 24.8 Å². The predicted octanol–water partition coefficient (Wildman–Crippen LogP) is 3.92. The summed E-state index contributed by atoms with van der Waals surface area (Å²) < 4.78 is 0. The summed E-state index contributed by atoms with van der Waals surface area (Å²) in [7, 11) is 0. The van der Waals surface area contributed by atoms with E-state index in [0.717, 1.165) is 25.2 Å². The number of fused-ring (bicyclic) bond motifs is 5. The molecule has 6 atom stereocenters. The summed E-state index contributed by atoms with van der Waals surface area (Å²) in [4.78, 5) is 0. The van der Waals surface area contributed by atoms with Gasteiger partial charge in [-0.15, -0.1) is 0 Å². The molecule has 0 aliphatic heterocycles. The second-order valence-electron chi connectivity index (χ2n) is 8.36. The maximum Gasteiger partial charge on any atom is 0.102 e. The van der Waals surface area contributed by atoms with Crippen molar-refractivity contribution in [3.8, 4) is 0 Å². The van der Waals surface area contributed by atoms with E-state index in [1.807, 2.05) is 6.08 Å². The highest BCUT2D eigenvalue weighted by Gasteiger charge is 2.58. The fourth-order valence-electron chi connectivity index (χ4n) is 6.24. The predicted molar refractivity (Wildman–Crippen MR) is 86.8 cm³/mol.